The third-order valence-corrected chi connectivity index (χ3v) is 5.73. The molecule has 1 fully saturated rings. The maximum absolute atomic E-state index is 12.4. The minimum absolute atomic E-state index is 0. The molecule has 1 aromatic carbocycles. The van der Waals surface area contributed by atoms with E-state index in [2.05, 4.69) is 0 Å². The highest BCUT2D eigenvalue weighted by Gasteiger charge is 2.31. The molecule has 1 aromatic rings. The molecule has 4 nitrogen and oxygen atoms in total. The smallest absolute Gasteiger partial charge is 0.327 e. The summed E-state index contributed by atoms with van der Waals surface area (Å²) in [6.07, 6.45) is 1.45. The molecule has 1 atom stereocenters. The molecule has 0 aromatic heterocycles. The molecule has 1 saturated heterocycles. The summed E-state index contributed by atoms with van der Waals surface area (Å²) in [6.45, 7) is 0.621. The SMILES string of the molecule is Cl.NC1CCCN(S(=O)(=O)c2ccc(SC(F)(F)F)cc2)C1. The van der Waals surface area contributed by atoms with Crippen molar-refractivity contribution in [2.75, 3.05) is 13.1 Å². The van der Waals surface area contributed by atoms with Crippen molar-refractivity contribution in [2.24, 2.45) is 5.73 Å². The van der Waals surface area contributed by atoms with Gasteiger partial charge in [0.15, 0.2) is 0 Å². The number of halogens is 4. The van der Waals surface area contributed by atoms with Gasteiger partial charge in [0.1, 0.15) is 0 Å². The number of benzene rings is 1. The third kappa shape index (κ3) is 5.02. The zero-order valence-corrected chi connectivity index (χ0v) is 13.9. The van der Waals surface area contributed by atoms with Crippen LogP contribution in [0.5, 0.6) is 0 Å². The number of nitrogens with zero attached hydrogens (tertiary/aromatic N) is 1. The molecule has 1 aliphatic rings. The number of sulfonamides is 1. The van der Waals surface area contributed by atoms with Crippen molar-refractivity contribution in [1.29, 1.82) is 0 Å². The predicted molar refractivity (Wildman–Crippen MR) is 81.6 cm³/mol. The summed E-state index contributed by atoms with van der Waals surface area (Å²) < 4.78 is 62.7. The van der Waals surface area contributed by atoms with Crippen molar-refractivity contribution in [1.82, 2.24) is 4.31 Å². The van der Waals surface area contributed by atoms with Crippen LogP contribution >= 0.6 is 24.2 Å². The molecule has 0 aliphatic carbocycles. The van der Waals surface area contributed by atoms with E-state index in [4.69, 9.17) is 5.73 Å². The zero-order chi connectivity index (χ0) is 15.7. The van der Waals surface area contributed by atoms with Crippen LogP contribution in [-0.2, 0) is 10.0 Å². The molecule has 0 saturated carbocycles. The number of hydrogen-bond donors (Lipinski definition) is 1. The van der Waals surface area contributed by atoms with Gasteiger partial charge in [-0.25, -0.2) is 8.42 Å². The lowest BCUT2D eigenvalue weighted by Gasteiger charge is -2.29. The summed E-state index contributed by atoms with van der Waals surface area (Å²) in [5, 5.41) is 0. The highest BCUT2D eigenvalue weighted by atomic mass is 35.5. The first-order valence-corrected chi connectivity index (χ1v) is 8.56. The number of rotatable bonds is 3. The van der Waals surface area contributed by atoms with E-state index in [1.54, 1.807) is 0 Å². The van der Waals surface area contributed by atoms with E-state index >= 15 is 0 Å². The molecule has 0 bridgehead atoms. The van der Waals surface area contributed by atoms with Gasteiger partial charge >= 0.3 is 5.51 Å². The highest BCUT2D eigenvalue weighted by Crippen LogP contribution is 2.37. The lowest BCUT2D eigenvalue weighted by molar-refractivity contribution is -0.0328. The molecule has 1 unspecified atom stereocenters. The fourth-order valence-electron chi connectivity index (χ4n) is 2.15. The highest BCUT2D eigenvalue weighted by molar-refractivity contribution is 8.00. The quantitative estimate of drug-likeness (QED) is 0.824. The third-order valence-electron chi connectivity index (χ3n) is 3.12. The Morgan fingerprint density at radius 3 is 2.32 bits per heavy atom. The maximum Gasteiger partial charge on any atom is 0.446 e. The fraction of sp³-hybridized carbons (Fsp3) is 0.500. The maximum atomic E-state index is 12.4. The Bertz CT molecular complexity index is 593. The molecule has 126 valence electrons. The number of hydrogen-bond acceptors (Lipinski definition) is 4. The Kier molecular flexibility index (Phi) is 6.58. The van der Waals surface area contributed by atoms with Gasteiger partial charge in [0.2, 0.25) is 10.0 Å². The first-order chi connectivity index (χ1) is 9.68. The van der Waals surface area contributed by atoms with Crippen molar-refractivity contribution >= 4 is 34.2 Å². The lowest BCUT2D eigenvalue weighted by atomic mass is 10.1. The summed E-state index contributed by atoms with van der Waals surface area (Å²) >= 11 is -0.272. The van der Waals surface area contributed by atoms with Gasteiger partial charge in [0.25, 0.3) is 0 Å². The van der Waals surface area contributed by atoms with E-state index in [0.29, 0.717) is 13.0 Å². The van der Waals surface area contributed by atoms with Crippen LogP contribution in [-0.4, -0.2) is 37.4 Å². The normalized spacial score (nSPS) is 20.5. The van der Waals surface area contributed by atoms with Gasteiger partial charge in [-0.2, -0.15) is 17.5 Å². The predicted octanol–water partition coefficient (Wildman–Crippen LogP) is 2.83. The topological polar surface area (TPSA) is 63.4 Å². The molecule has 2 rings (SSSR count). The second kappa shape index (κ2) is 7.39. The number of piperidine rings is 1. The Balaban J connectivity index is 0.00000242. The van der Waals surface area contributed by atoms with Crippen LogP contribution in [0.25, 0.3) is 0 Å². The molecular formula is C12H16ClF3N2O2S2. The minimum Gasteiger partial charge on any atom is -0.327 e. The van der Waals surface area contributed by atoms with E-state index in [1.807, 2.05) is 0 Å². The van der Waals surface area contributed by atoms with E-state index < -0.39 is 15.5 Å². The molecule has 2 N–H and O–H groups in total. The molecule has 0 spiro atoms. The lowest BCUT2D eigenvalue weighted by Crippen LogP contribution is -2.45. The van der Waals surface area contributed by atoms with E-state index in [0.717, 1.165) is 18.6 Å². The molecule has 0 amide bonds. The summed E-state index contributed by atoms with van der Waals surface area (Å²) in [4.78, 5) is -0.0556. The summed E-state index contributed by atoms with van der Waals surface area (Å²) in [5.41, 5.74) is 1.37. The van der Waals surface area contributed by atoms with E-state index in [-0.39, 0.29) is 46.5 Å². The monoisotopic (exact) mass is 376 g/mol. The van der Waals surface area contributed by atoms with Crippen LogP contribution in [0.15, 0.2) is 34.1 Å². The van der Waals surface area contributed by atoms with Crippen LogP contribution < -0.4 is 5.73 Å². The second-order valence-corrected chi connectivity index (χ2v) is 7.86. The van der Waals surface area contributed by atoms with Crippen LogP contribution in [0.3, 0.4) is 0 Å². The Labute approximate surface area is 137 Å². The standard InChI is InChI=1S/C12H15F3N2O2S2.ClH/c13-12(14,15)20-10-3-5-11(6-4-10)21(18,19)17-7-1-2-9(16)8-17;/h3-6,9H,1-2,7-8,16H2;1H. The van der Waals surface area contributed by atoms with Crippen molar-refractivity contribution in [3.8, 4) is 0 Å². The minimum atomic E-state index is -4.39. The molecule has 22 heavy (non-hydrogen) atoms. The zero-order valence-electron chi connectivity index (χ0n) is 11.4. The van der Waals surface area contributed by atoms with E-state index in [9.17, 15) is 21.6 Å². The molecule has 0 radical (unpaired) electrons. The second-order valence-electron chi connectivity index (χ2n) is 4.78. The van der Waals surface area contributed by atoms with Crippen molar-refractivity contribution < 1.29 is 21.6 Å². The van der Waals surface area contributed by atoms with Crippen molar-refractivity contribution in [3.05, 3.63) is 24.3 Å². The van der Waals surface area contributed by atoms with E-state index in [1.165, 1.54) is 16.4 Å². The van der Waals surface area contributed by atoms with Gasteiger partial charge in [0, 0.05) is 24.0 Å². The summed E-state index contributed by atoms with van der Waals surface area (Å²) in [7, 11) is -3.69. The van der Waals surface area contributed by atoms with Crippen LogP contribution in [0.2, 0.25) is 0 Å². The van der Waals surface area contributed by atoms with Gasteiger partial charge in [-0.15, -0.1) is 12.4 Å². The van der Waals surface area contributed by atoms with Gasteiger partial charge in [-0.3, -0.25) is 0 Å². The average molecular weight is 377 g/mol. The largest absolute Gasteiger partial charge is 0.446 e. The van der Waals surface area contributed by atoms with Gasteiger partial charge < -0.3 is 5.73 Å². The number of nitrogens with two attached hydrogens (primary N) is 1. The van der Waals surface area contributed by atoms with Gasteiger partial charge in [0.05, 0.1) is 4.90 Å². The Morgan fingerprint density at radius 1 is 1.23 bits per heavy atom. The molecular weight excluding hydrogens is 361 g/mol. The Hall–Kier alpha value is -0.480. The summed E-state index contributed by atoms with van der Waals surface area (Å²) in [6, 6.07) is 4.52. The molecule has 1 aliphatic heterocycles. The Morgan fingerprint density at radius 2 is 1.82 bits per heavy atom. The van der Waals surface area contributed by atoms with Crippen molar-refractivity contribution in [2.45, 2.75) is 34.2 Å². The first kappa shape index (κ1) is 19.6. The average Bonchev–Trinajstić information content (AvgIpc) is 2.37. The van der Waals surface area contributed by atoms with Crippen LogP contribution in [0.1, 0.15) is 12.8 Å². The number of thioether (sulfide) groups is 1. The molecule has 1 heterocycles. The van der Waals surface area contributed by atoms with Gasteiger partial charge in [-0.1, -0.05) is 0 Å². The van der Waals surface area contributed by atoms with Crippen LogP contribution in [0, 0.1) is 0 Å². The summed E-state index contributed by atoms with van der Waals surface area (Å²) in [5.74, 6) is 0. The molecule has 10 heteroatoms. The first-order valence-electron chi connectivity index (χ1n) is 6.30. The fourth-order valence-corrected chi connectivity index (χ4v) is 4.23. The van der Waals surface area contributed by atoms with Crippen molar-refractivity contribution in [3.63, 3.8) is 0 Å². The van der Waals surface area contributed by atoms with Gasteiger partial charge in [-0.05, 0) is 48.9 Å². The number of alkyl halides is 3. The van der Waals surface area contributed by atoms with Crippen LogP contribution in [0.4, 0.5) is 13.2 Å².